The number of ether oxygens (including phenoxy) is 2. The number of esters is 1. The van der Waals surface area contributed by atoms with Gasteiger partial charge in [0.15, 0.2) is 0 Å². The number of hydrogen-bond acceptors (Lipinski definition) is 3. The van der Waals surface area contributed by atoms with Crippen molar-refractivity contribution in [3.8, 4) is 0 Å². The van der Waals surface area contributed by atoms with Crippen molar-refractivity contribution in [2.45, 2.75) is 6.42 Å². The third kappa shape index (κ3) is 4.08. The van der Waals surface area contributed by atoms with Crippen molar-refractivity contribution < 1.29 is 18.7 Å². The maximum atomic E-state index is 13.1. The van der Waals surface area contributed by atoms with Gasteiger partial charge in [-0.25, -0.2) is 9.18 Å². The highest BCUT2D eigenvalue weighted by molar-refractivity contribution is 5.70. The second-order valence-electron chi connectivity index (χ2n) is 2.97. The topological polar surface area (TPSA) is 35.5 Å². The van der Waals surface area contributed by atoms with Crippen LogP contribution in [-0.2, 0) is 20.7 Å². The molecule has 0 unspecified atom stereocenters. The summed E-state index contributed by atoms with van der Waals surface area (Å²) in [4.78, 5) is 10.7. The van der Waals surface area contributed by atoms with Gasteiger partial charge in [0.25, 0.3) is 0 Å². The Kier molecular flexibility index (Phi) is 4.77. The number of hydrogen-bond donors (Lipinski definition) is 0. The minimum Gasteiger partial charge on any atom is -0.467 e. The van der Waals surface area contributed by atoms with Crippen LogP contribution in [0.1, 0.15) is 5.56 Å². The fourth-order valence-electron chi connectivity index (χ4n) is 1.10. The number of carbonyl (C=O) groups excluding carboxylic acids is 1. The molecule has 1 aromatic carbocycles. The van der Waals surface area contributed by atoms with Gasteiger partial charge in [0.1, 0.15) is 12.4 Å². The summed E-state index contributed by atoms with van der Waals surface area (Å²) in [6, 6.07) is 6.49. The second-order valence-corrected chi connectivity index (χ2v) is 2.97. The molecule has 0 spiro atoms. The van der Waals surface area contributed by atoms with Crippen LogP contribution in [0, 0.1) is 5.82 Å². The van der Waals surface area contributed by atoms with E-state index in [1.54, 1.807) is 18.2 Å². The van der Waals surface area contributed by atoms with E-state index >= 15 is 0 Å². The van der Waals surface area contributed by atoms with Crippen LogP contribution in [0.25, 0.3) is 0 Å². The molecular weight excluding hydrogens is 199 g/mol. The summed E-state index contributed by atoms with van der Waals surface area (Å²) in [7, 11) is 1.29. The SMILES string of the molecule is COC(=O)COCCc1ccccc1F. The zero-order chi connectivity index (χ0) is 11.1. The molecule has 0 saturated heterocycles. The molecule has 0 aliphatic rings. The van der Waals surface area contributed by atoms with E-state index in [4.69, 9.17) is 4.74 Å². The molecular formula is C11H13FO3. The monoisotopic (exact) mass is 212 g/mol. The quantitative estimate of drug-likeness (QED) is 0.549. The average molecular weight is 212 g/mol. The lowest BCUT2D eigenvalue weighted by molar-refractivity contribution is -0.145. The normalized spacial score (nSPS) is 10.0. The molecule has 0 bridgehead atoms. The molecule has 0 radical (unpaired) electrons. The summed E-state index contributed by atoms with van der Waals surface area (Å²) >= 11 is 0. The van der Waals surface area contributed by atoms with Crippen LogP contribution >= 0.6 is 0 Å². The molecule has 0 fully saturated rings. The smallest absolute Gasteiger partial charge is 0.331 e. The Bertz CT molecular complexity index is 325. The van der Waals surface area contributed by atoms with E-state index in [0.717, 1.165) is 0 Å². The van der Waals surface area contributed by atoms with Gasteiger partial charge < -0.3 is 9.47 Å². The van der Waals surface area contributed by atoms with Crippen LogP contribution in [0.5, 0.6) is 0 Å². The first-order valence-electron chi connectivity index (χ1n) is 4.62. The van der Waals surface area contributed by atoms with Gasteiger partial charge in [-0.3, -0.25) is 0 Å². The Balaban J connectivity index is 2.26. The highest BCUT2D eigenvalue weighted by Gasteiger charge is 2.02. The van der Waals surface area contributed by atoms with Gasteiger partial charge in [0.2, 0.25) is 0 Å². The summed E-state index contributed by atoms with van der Waals surface area (Å²) < 4.78 is 22.5. The Hall–Kier alpha value is -1.42. The molecule has 0 saturated carbocycles. The molecule has 0 amide bonds. The number of carbonyl (C=O) groups is 1. The van der Waals surface area contributed by atoms with Crippen molar-refractivity contribution in [2.24, 2.45) is 0 Å². The summed E-state index contributed by atoms with van der Waals surface area (Å²) in [6.07, 6.45) is 0.448. The first-order valence-corrected chi connectivity index (χ1v) is 4.62. The van der Waals surface area contributed by atoms with E-state index in [9.17, 15) is 9.18 Å². The van der Waals surface area contributed by atoms with Crippen molar-refractivity contribution in [1.82, 2.24) is 0 Å². The predicted molar refractivity (Wildman–Crippen MR) is 52.9 cm³/mol. The van der Waals surface area contributed by atoms with Gasteiger partial charge in [-0.15, -0.1) is 0 Å². The Morgan fingerprint density at radius 1 is 1.40 bits per heavy atom. The summed E-state index contributed by atoms with van der Waals surface area (Å²) in [5.74, 6) is -0.678. The number of benzene rings is 1. The molecule has 0 aliphatic carbocycles. The largest absolute Gasteiger partial charge is 0.467 e. The molecule has 0 N–H and O–H groups in total. The highest BCUT2D eigenvalue weighted by Crippen LogP contribution is 2.06. The molecule has 1 rings (SSSR count). The van der Waals surface area contributed by atoms with Gasteiger partial charge >= 0.3 is 5.97 Å². The van der Waals surface area contributed by atoms with E-state index in [0.29, 0.717) is 18.6 Å². The highest BCUT2D eigenvalue weighted by atomic mass is 19.1. The summed E-state index contributed by atoms with van der Waals surface area (Å²) in [6.45, 7) is 0.209. The lowest BCUT2D eigenvalue weighted by Gasteiger charge is -2.03. The van der Waals surface area contributed by atoms with Crippen LogP contribution < -0.4 is 0 Å². The van der Waals surface area contributed by atoms with Crippen molar-refractivity contribution >= 4 is 5.97 Å². The first-order chi connectivity index (χ1) is 7.24. The molecule has 0 heterocycles. The Morgan fingerprint density at radius 3 is 2.80 bits per heavy atom. The van der Waals surface area contributed by atoms with Gasteiger partial charge in [-0.2, -0.15) is 0 Å². The van der Waals surface area contributed by atoms with Gasteiger partial charge in [0.05, 0.1) is 13.7 Å². The zero-order valence-electron chi connectivity index (χ0n) is 8.53. The van der Waals surface area contributed by atoms with Crippen molar-refractivity contribution in [1.29, 1.82) is 0 Å². The maximum Gasteiger partial charge on any atom is 0.331 e. The van der Waals surface area contributed by atoms with Crippen LogP contribution in [0.2, 0.25) is 0 Å². The number of halogens is 1. The van der Waals surface area contributed by atoms with Crippen LogP contribution in [-0.4, -0.2) is 26.3 Å². The third-order valence-corrected chi connectivity index (χ3v) is 1.92. The fourth-order valence-corrected chi connectivity index (χ4v) is 1.10. The first kappa shape index (κ1) is 11.7. The van der Waals surface area contributed by atoms with Crippen molar-refractivity contribution in [3.05, 3.63) is 35.6 Å². The second kappa shape index (κ2) is 6.14. The standard InChI is InChI=1S/C11H13FO3/c1-14-11(13)8-15-7-6-9-4-2-3-5-10(9)12/h2-5H,6-8H2,1H3. The zero-order valence-corrected chi connectivity index (χ0v) is 8.53. The van der Waals surface area contributed by atoms with Gasteiger partial charge in [0, 0.05) is 0 Å². The van der Waals surface area contributed by atoms with E-state index < -0.39 is 5.97 Å². The fraction of sp³-hybridized carbons (Fsp3) is 0.364. The Labute approximate surface area is 87.8 Å². The number of methoxy groups -OCH3 is 1. The number of rotatable bonds is 5. The minimum absolute atomic E-state index is 0.0923. The molecule has 0 aliphatic heterocycles. The van der Waals surface area contributed by atoms with Crippen LogP contribution in [0.3, 0.4) is 0 Å². The minimum atomic E-state index is -0.427. The summed E-state index contributed by atoms with van der Waals surface area (Å²) in [5.41, 5.74) is 0.586. The summed E-state index contributed by atoms with van der Waals surface area (Å²) in [5, 5.41) is 0. The molecule has 82 valence electrons. The lowest BCUT2D eigenvalue weighted by atomic mass is 10.1. The predicted octanol–water partition coefficient (Wildman–Crippen LogP) is 1.56. The van der Waals surface area contributed by atoms with E-state index in [1.165, 1.54) is 13.2 Å². The Morgan fingerprint density at radius 2 is 2.13 bits per heavy atom. The van der Waals surface area contributed by atoms with E-state index in [2.05, 4.69) is 4.74 Å². The van der Waals surface area contributed by atoms with Crippen LogP contribution in [0.4, 0.5) is 4.39 Å². The molecule has 15 heavy (non-hydrogen) atoms. The molecule has 0 atom stereocenters. The van der Waals surface area contributed by atoms with Crippen molar-refractivity contribution in [2.75, 3.05) is 20.3 Å². The van der Waals surface area contributed by atoms with E-state index in [1.807, 2.05) is 0 Å². The van der Waals surface area contributed by atoms with Crippen molar-refractivity contribution in [3.63, 3.8) is 0 Å². The lowest BCUT2D eigenvalue weighted by Crippen LogP contribution is -2.12. The third-order valence-electron chi connectivity index (χ3n) is 1.92. The molecule has 0 aromatic heterocycles. The molecule has 3 nitrogen and oxygen atoms in total. The van der Waals surface area contributed by atoms with Gasteiger partial charge in [-0.05, 0) is 18.1 Å². The van der Waals surface area contributed by atoms with Crippen LogP contribution in [0.15, 0.2) is 24.3 Å². The molecule has 1 aromatic rings. The maximum absolute atomic E-state index is 13.1. The van der Waals surface area contributed by atoms with Gasteiger partial charge in [-0.1, -0.05) is 18.2 Å². The molecule has 4 heteroatoms. The average Bonchev–Trinajstić information content (AvgIpc) is 2.26. The van der Waals surface area contributed by atoms with E-state index in [-0.39, 0.29) is 12.4 Å².